The summed E-state index contributed by atoms with van der Waals surface area (Å²) in [6.07, 6.45) is 3.95. The Morgan fingerprint density at radius 1 is 1.60 bits per heavy atom. The summed E-state index contributed by atoms with van der Waals surface area (Å²) in [6, 6.07) is 1.21. The molecule has 0 spiro atoms. The molecule has 1 aromatic rings. The van der Waals surface area contributed by atoms with E-state index in [-0.39, 0.29) is 0 Å². The van der Waals surface area contributed by atoms with Crippen LogP contribution >= 0.6 is 0 Å². The average Bonchev–Trinajstić information content (AvgIpc) is 1.88. The molecule has 0 amide bonds. The first-order valence-corrected chi connectivity index (χ1v) is 4.20. The zero-order valence-electron chi connectivity index (χ0n) is 5.37. The third kappa shape index (κ3) is 1.68. The van der Waals surface area contributed by atoms with Gasteiger partial charge in [-0.2, -0.15) is 0 Å². The number of nitrogens with zero attached hydrogens (tertiary/aromatic N) is 1. The molecular weight excluding hydrogens is 153 g/mol. The number of halogens is 1. The van der Waals surface area contributed by atoms with Crippen LogP contribution in [0.2, 0.25) is 0 Å². The van der Waals surface area contributed by atoms with Crippen LogP contribution in [0.3, 0.4) is 0 Å². The number of pyridine rings is 1. The molecule has 1 atom stereocenters. The molecule has 1 heterocycles. The SMILES string of the molecule is C[S+]([O-])c1cncc(F)c1. The lowest BCUT2D eigenvalue weighted by atomic mass is 10.5. The maximum Gasteiger partial charge on any atom is 0.173 e. The molecule has 10 heavy (non-hydrogen) atoms. The van der Waals surface area contributed by atoms with Gasteiger partial charge in [-0.05, 0) is 11.2 Å². The predicted octanol–water partition coefficient (Wildman–Crippen LogP) is 0.958. The Morgan fingerprint density at radius 2 is 2.30 bits per heavy atom. The van der Waals surface area contributed by atoms with Gasteiger partial charge in [0, 0.05) is 6.07 Å². The van der Waals surface area contributed by atoms with Crippen LogP contribution < -0.4 is 0 Å². The molecule has 0 aromatic carbocycles. The summed E-state index contributed by atoms with van der Waals surface area (Å²) >= 11 is -1.14. The van der Waals surface area contributed by atoms with Crippen molar-refractivity contribution in [3.8, 4) is 0 Å². The number of hydrogen-bond donors (Lipinski definition) is 0. The molecular formula is C6H6FNOS. The van der Waals surface area contributed by atoms with Gasteiger partial charge in [-0.1, -0.05) is 0 Å². The van der Waals surface area contributed by atoms with E-state index in [0.717, 1.165) is 6.20 Å². The molecule has 0 bridgehead atoms. The van der Waals surface area contributed by atoms with Gasteiger partial charge in [0.2, 0.25) is 0 Å². The second kappa shape index (κ2) is 2.98. The van der Waals surface area contributed by atoms with Crippen molar-refractivity contribution < 1.29 is 8.94 Å². The van der Waals surface area contributed by atoms with E-state index < -0.39 is 17.0 Å². The van der Waals surface area contributed by atoms with Crippen molar-refractivity contribution >= 4 is 11.2 Å². The Kier molecular flexibility index (Phi) is 2.24. The summed E-state index contributed by atoms with van der Waals surface area (Å²) in [5, 5.41) is 0. The maximum atomic E-state index is 12.3. The second-order valence-corrected chi connectivity index (χ2v) is 3.17. The fourth-order valence-corrected chi connectivity index (χ4v) is 1.04. The van der Waals surface area contributed by atoms with Gasteiger partial charge >= 0.3 is 0 Å². The highest BCUT2D eigenvalue weighted by molar-refractivity contribution is 7.90. The van der Waals surface area contributed by atoms with E-state index in [9.17, 15) is 8.94 Å². The van der Waals surface area contributed by atoms with E-state index in [2.05, 4.69) is 4.98 Å². The van der Waals surface area contributed by atoms with E-state index in [4.69, 9.17) is 0 Å². The number of aromatic nitrogens is 1. The molecule has 1 rings (SSSR count). The van der Waals surface area contributed by atoms with Crippen LogP contribution in [0.5, 0.6) is 0 Å². The highest BCUT2D eigenvalue weighted by atomic mass is 32.2. The van der Waals surface area contributed by atoms with Crippen molar-refractivity contribution in [1.82, 2.24) is 4.98 Å². The van der Waals surface area contributed by atoms with E-state index in [1.165, 1.54) is 18.5 Å². The van der Waals surface area contributed by atoms with Gasteiger partial charge in [0.25, 0.3) is 0 Å². The lowest BCUT2D eigenvalue weighted by Gasteiger charge is -2.01. The van der Waals surface area contributed by atoms with Crippen molar-refractivity contribution in [3.63, 3.8) is 0 Å². The minimum atomic E-state index is -1.14. The van der Waals surface area contributed by atoms with Crippen LogP contribution in [0.25, 0.3) is 0 Å². The van der Waals surface area contributed by atoms with Crippen molar-refractivity contribution in [3.05, 3.63) is 24.3 Å². The molecule has 0 saturated carbocycles. The monoisotopic (exact) mass is 159 g/mol. The quantitative estimate of drug-likeness (QED) is 0.572. The predicted molar refractivity (Wildman–Crippen MR) is 36.5 cm³/mol. The molecule has 1 aromatic heterocycles. The Hall–Kier alpha value is -0.610. The van der Waals surface area contributed by atoms with Crippen LogP contribution in [-0.2, 0) is 11.2 Å². The van der Waals surface area contributed by atoms with Gasteiger partial charge in [0.15, 0.2) is 4.90 Å². The van der Waals surface area contributed by atoms with E-state index in [1.54, 1.807) is 0 Å². The third-order valence-electron chi connectivity index (χ3n) is 1.01. The topological polar surface area (TPSA) is 36.0 Å². The molecule has 0 aliphatic rings. The van der Waals surface area contributed by atoms with Crippen LogP contribution in [0, 0.1) is 5.82 Å². The first-order valence-electron chi connectivity index (χ1n) is 2.64. The van der Waals surface area contributed by atoms with Crippen LogP contribution in [0.15, 0.2) is 23.4 Å². The summed E-state index contributed by atoms with van der Waals surface area (Å²) in [6.45, 7) is 0. The molecule has 0 N–H and O–H groups in total. The molecule has 0 radical (unpaired) electrons. The van der Waals surface area contributed by atoms with Gasteiger partial charge in [-0.25, -0.2) is 4.39 Å². The van der Waals surface area contributed by atoms with Crippen LogP contribution in [0.4, 0.5) is 4.39 Å². The van der Waals surface area contributed by atoms with Crippen molar-refractivity contribution in [2.24, 2.45) is 0 Å². The fraction of sp³-hybridized carbons (Fsp3) is 0.167. The van der Waals surface area contributed by atoms with Gasteiger partial charge in [0.05, 0.1) is 12.4 Å². The maximum absolute atomic E-state index is 12.3. The molecule has 54 valence electrons. The molecule has 0 aliphatic heterocycles. The summed E-state index contributed by atoms with van der Waals surface area (Å²) in [5.41, 5.74) is 0. The standard InChI is InChI=1S/C6H6FNOS/c1-10(9)6-2-5(7)3-8-4-6/h2-4H,1H3. The average molecular weight is 159 g/mol. The molecule has 2 nitrogen and oxygen atoms in total. The van der Waals surface area contributed by atoms with Crippen molar-refractivity contribution in [1.29, 1.82) is 0 Å². The minimum absolute atomic E-state index is 0.417. The third-order valence-corrected chi connectivity index (χ3v) is 1.90. The number of hydrogen-bond acceptors (Lipinski definition) is 2. The van der Waals surface area contributed by atoms with Gasteiger partial charge in [-0.15, -0.1) is 0 Å². The highest BCUT2D eigenvalue weighted by Crippen LogP contribution is 2.07. The molecule has 4 heteroatoms. The zero-order chi connectivity index (χ0) is 7.56. The van der Waals surface area contributed by atoms with Crippen molar-refractivity contribution in [2.75, 3.05) is 6.26 Å². The Balaban J connectivity index is 2.96. The summed E-state index contributed by atoms with van der Waals surface area (Å²) in [5.74, 6) is -0.451. The van der Waals surface area contributed by atoms with Crippen LogP contribution in [0.1, 0.15) is 0 Å². The molecule has 0 saturated heterocycles. The van der Waals surface area contributed by atoms with Gasteiger partial charge < -0.3 is 4.55 Å². The summed E-state index contributed by atoms with van der Waals surface area (Å²) in [4.78, 5) is 3.95. The van der Waals surface area contributed by atoms with E-state index in [0.29, 0.717) is 4.90 Å². The molecule has 0 aliphatic carbocycles. The first-order chi connectivity index (χ1) is 4.70. The highest BCUT2D eigenvalue weighted by Gasteiger charge is 2.04. The van der Waals surface area contributed by atoms with Crippen molar-refractivity contribution in [2.45, 2.75) is 4.90 Å². The minimum Gasteiger partial charge on any atom is -0.612 e. The van der Waals surface area contributed by atoms with Gasteiger partial charge in [-0.3, -0.25) is 4.98 Å². The normalized spacial score (nSPS) is 13.1. The van der Waals surface area contributed by atoms with E-state index >= 15 is 0 Å². The largest absolute Gasteiger partial charge is 0.612 e. The Bertz CT molecular complexity index is 229. The molecule has 1 unspecified atom stereocenters. The number of rotatable bonds is 1. The fourth-order valence-electron chi connectivity index (χ4n) is 0.550. The summed E-state index contributed by atoms with van der Waals surface area (Å²) < 4.78 is 23.0. The lowest BCUT2D eigenvalue weighted by molar-refractivity contribution is 0.592. The first kappa shape index (κ1) is 7.50. The lowest BCUT2D eigenvalue weighted by Crippen LogP contribution is -1.98. The van der Waals surface area contributed by atoms with Gasteiger partial charge in [0.1, 0.15) is 12.1 Å². The Labute approximate surface area is 61.3 Å². The van der Waals surface area contributed by atoms with Crippen LogP contribution in [-0.4, -0.2) is 15.8 Å². The van der Waals surface area contributed by atoms with E-state index in [1.807, 2.05) is 0 Å². The Morgan fingerprint density at radius 3 is 2.70 bits per heavy atom. The second-order valence-electron chi connectivity index (χ2n) is 1.79. The molecule has 0 fully saturated rings. The summed E-state index contributed by atoms with van der Waals surface area (Å²) in [7, 11) is 0. The smallest absolute Gasteiger partial charge is 0.173 e. The zero-order valence-corrected chi connectivity index (χ0v) is 6.19.